The van der Waals surface area contributed by atoms with Gasteiger partial charge >= 0.3 is 17.9 Å². The lowest BCUT2D eigenvalue weighted by Gasteiger charge is -2.17. The molecule has 0 fully saturated rings. The van der Waals surface area contributed by atoms with Crippen LogP contribution in [0.4, 0.5) is 0 Å². The minimum Gasteiger partial charge on any atom is -0.462 e. The van der Waals surface area contributed by atoms with Crippen LogP contribution in [0, 0.1) is 0 Å². The normalized spacial score (nSPS) is 12.1. The molecule has 0 aromatic carbocycles. The summed E-state index contributed by atoms with van der Waals surface area (Å²) in [6.07, 6.45) is 39.0. The van der Waals surface area contributed by atoms with Crippen LogP contribution < -0.4 is 0 Å². The highest BCUT2D eigenvalue weighted by molar-refractivity contribution is 5.82. The molecule has 0 spiro atoms. The zero-order chi connectivity index (χ0) is 33.1. The van der Waals surface area contributed by atoms with E-state index in [1.54, 1.807) is 12.2 Å². The van der Waals surface area contributed by atoms with E-state index < -0.39 is 12.1 Å². The highest BCUT2D eigenvalue weighted by Gasteiger charge is 2.18. The summed E-state index contributed by atoms with van der Waals surface area (Å²) < 4.78 is 16.1. The number of ether oxygens (including phenoxy) is 3. The summed E-state index contributed by atoms with van der Waals surface area (Å²) in [4.78, 5) is 36.7. The van der Waals surface area contributed by atoms with Gasteiger partial charge in [0.2, 0.25) is 0 Å². The van der Waals surface area contributed by atoms with Crippen molar-refractivity contribution in [1.29, 1.82) is 0 Å². The number of carbonyl (C=O) groups excluding carboxylic acids is 3. The molecule has 0 saturated carbocycles. The summed E-state index contributed by atoms with van der Waals surface area (Å²) >= 11 is 0. The molecule has 0 aliphatic carbocycles. The molecule has 0 amide bonds. The molecule has 0 aliphatic heterocycles. The van der Waals surface area contributed by atoms with Crippen molar-refractivity contribution in [3.05, 3.63) is 60.8 Å². The van der Waals surface area contributed by atoms with Crippen molar-refractivity contribution in [2.75, 3.05) is 13.2 Å². The maximum Gasteiger partial charge on any atom is 0.331 e. The van der Waals surface area contributed by atoms with Crippen LogP contribution in [-0.4, -0.2) is 37.2 Å². The van der Waals surface area contributed by atoms with E-state index in [1.165, 1.54) is 51.0 Å². The van der Waals surface area contributed by atoms with Gasteiger partial charge in [0.25, 0.3) is 0 Å². The van der Waals surface area contributed by atoms with Crippen LogP contribution in [0.25, 0.3) is 0 Å². The molecule has 0 aromatic heterocycles. The smallest absolute Gasteiger partial charge is 0.331 e. The number of carbonyl (C=O) groups is 3. The first-order valence-corrected chi connectivity index (χ1v) is 17.9. The monoisotopic (exact) mass is 628 g/mol. The number of rotatable bonds is 30. The summed E-state index contributed by atoms with van der Waals surface area (Å²) in [6.45, 7) is 6.26. The Hall–Kier alpha value is -2.89. The number of hydrogen-bond acceptors (Lipinski definition) is 6. The first-order valence-electron chi connectivity index (χ1n) is 17.9. The first-order chi connectivity index (χ1) is 22.0. The molecule has 0 radical (unpaired) electrons. The lowest BCUT2D eigenvalue weighted by atomic mass is 10.1. The lowest BCUT2D eigenvalue weighted by Crippen LogP contribution is -2.30. The van der Waals surface area contributed by atoms with E-state index in [0.717, 1.165) is 70.6 Å². The number of hydrogen-bond donors (Lipinski definition) is 0. The molecule has 0 aromatic rings. The molecule has 0 heterocycles. The first kappa shape index (κ1) is 42.1. The van der Waals surface area contributed by atoms with Gasteiger partial charge in [0, 0.05) is 18.9 Å². The molecular formula is C39H64O6. The largest absolute Gasteiger partial charge is 0.462 e. The van der Waals surface area contributed by atoms with Crippen molar-refractivity contribution < 1.29 is 28.6 Å². The van der Waals surface area contributed by atoms with E-state index in [0.29, 0.717) is 12.8 Å². The molecule has 6 heteroatoms. The number of allylic oxidation sites excluding steroid dienone is 9. The third-order valence-electron chi connectivity index (χ3n) is 7.23. The van der Waals surface area contributed by atoms with Crippen LogP contribution in [0.5, 0.6) is 0 Å². The van der Waals surface area contributed by atoms with Gasteiger partial charge in [-0.15, -0.1) is 0 Å². The van der Waals surface area contributed by atoms with E-state index in [-0.39, 0.29) is 25.2 Å². The van der Waals surface area contributed by atoms with Crippen molar-refractivity contribution in [3.8, 4) is 0 Å². The Labute approximate surface area is 275 Å². The fourth-order valence-corrected chi connectivity index (χ4v) is 4.49. The summed E-state index contributed by atoms with van der Waals surface area (Å²) in [7, 11) is 0. The Morgan fingerprint density at radius 2 is 0.889 bits per heavy atom. The molecule has 0 saturated heterocycles. The van der Waals surface area contributed by atoms with Gasteiger partial charge in [-0.2, -0.15) is 0 Å². The minimum atomic E-state index is -0.858. The van der Waals surface area contributed by atoms with Gasteiger partial charge in [-0.05, 0) is 25.7 Å². The zero-order valence-corrected chi connectivity index (χ0v) is 28.9. The fourth-order valence-electron chi connectivity index (χ4n) is 4.49. The topological polar surface area (TPSA) is 78.9 Å². The Morgan fingerprint density at radius 1 is 0.489 bits per heavy atom. The Balaban J connectivity index is 4.52. The minimum absolute atomic E-state index is 0.143. The fraction of sp³-hybridized carbons (Fsp3) is 0.667. The summed E-state index contributed by atoms with van der Waals surface area (Å²) in [5.41, 5.74) is 0. The molecule has 45 heavy (non-hydrogen) atoms. The van der Waals surface area contributed by atoms with Gasteiger partial charge in [0.05, 0.1) is 0 Å². The molecule has 0 bridgehead atoms. The Morgan fingerprint density at radius 3 is 1.38 bits per heavy atom. The maximum absolute atomic E-state index is 12.4. The molecule has 0 unspecified atom stereocenters. The molecule has 0 atom stereocenters. The summed E-state index contributed by atoms with van der Waals surface area (Å²) in [6, 6.07) is 0. The van der Waals surface area contributed by atoms with Gasteiger partial charge in [-0.25, -0.2) is 4.79 Å². The van der Waals surface area contributed by atoms with E-state index >= 15 is 0 Å². The zero-order valence-electron chi connectivity index (χ0n) is 28.9. The standard InChI is InChI=1S/C39H64O6/c1-4-7-10-13-14-15-16-17-18-19-20-21-22-23-24-27-30-33-39(42)45-36(34-43-37(40)31-28-25-11-8-5-2)35-44-38(41)32-29-26-12-9-6-3/h18-24,27,30,33,36H,4-17,25-26,28-29,31-32,34-35H2,1-3H3/b19-18+,21-20+,23-22+,27-24+,33-30+. The van der Waals surface area contributed by atoms with Crippen LogP contribution >= 0.6 is 0 Å². The summed E-state index contributed by atoms with van der Waals surface area (Å²) in [5.74, 6) is -1.26. The maximum atomic E-state index is 12.4. The van der Waals surface area contributed by atoms with Crippen molar-refractivity contribution in [1.82, 2.24) is 0 Å². The van der Waals surface area contributed by atoms with E-state index in [4.69, 9.17) is 14.2 Å². The van der Waals surface area contributed by atoms with Gasteiger partial charge in [0.15, 0.2) is 6.10 Å². The second-order valence-electron chi connectivity index (χ2n) is 11.6. The predicted octanol–water partition coefficient (Wildman–Crippen LogP) is 10.6. The van der Waals surface area contributed by atoms with Crippen LogP contribution in [0.1, 0.15) is 149 Å². The van der Waals surface area contributed by atoms with Crippen LogP contribution in [-0.2, 0) is 28.6 Å². The lowest BCUT2D eigenvalue weighted by molar-refractivity contribution is -0.163. The highest BCUT2D eigenvalue weighted by atomic mass is 16.6. The second kappa shape index (κ2) is 34.0. The third-order valence-corrected chi connectivity index (χ3v) is 7.23. The van der Waals surface area contributed by atoms with Crippen LogP contribution in [0.2, 0.25) is 0 Å². The van der Waals surface area contributed by atoms with Gasteiger partial charge < -0.3 is 14.2 Å². The van der Waals surface area contributed by atoms with E-state index in [9.17, 15) is 14.4 Å². The average molecular weight is 629 g/mol. The predicted molar refractivity (Wildman–Crippen MR) is 187 cm³/mol. The molecule has 6 nitrogen and oxygen atoms in total. The van der Waals surface area contributed by atoms with E-state index in [2.05, 4.69) is 32.9 Å². The molecule has 256 valence electrons. The quantitative estimate of drug-likeness (QED) is 0.0259. The number of unbranched alkanes of at least 4 members (excludes halogenated alkanes) is 15. The molecule has 0 rings (SSSR count). The third kappa shape index (κ3) is 32.3. The summed E-state index contributed by atoms with van der Waals surface area (Å²) in [5, 5.41) is 0. The second-order valence-corrected chi connectivity index (χ2v) is 11.6. The van der Waals surface area contributed by atoms with Crippen molar-refractivity contribution in [2.45, 2.75) is 155 Å². The number of esters is 3. The Kier molecular flexibility index (Phi) is 31.8. The van der Waals surface area contributed by atoms with Gasteiger partial charge in [0.1, 0.15) is 13.2 Å². The molecule has 0 N–H and O–H groups in total. The average Bonchev–Trinajstić information content (AvgIpc) is 3.03. The van der Waals surface area contributed by atoms with Crippen LogP contribution in [0.3, 0.4) is 0 Å². The van der Waals surface area contributed by atoms with Gasteiger partial charge in [-0.3, -0.25) is 9.59 Å². The van der Waals surface area contributed by atoms with Crippen molar-refractivity contribution in [2.24, 2.45) is 0 Å². The van der Waals surface area contributed by atoms with Crippen molar-refractivity contribution >= 4 is 17.9 Å². The Bertz CT molecular complexity index is 837. The molecule has 0 aliphatic rings. The SMILES string of the molecule is CCCCCCCCC/C=C/C=C/C=C/C=C/C=C/C(=O)OC(COC(=O)CCCCCCC)COC(=O)CCCCCCC. The van der Waals surface area contributed by atoms with Crippen LogP contribution in [0.15, 0.2) is 60.8 Å². The van der Waals surface area contributed by atoms with E-state index in [1.807, 2.05) is 30.4 Å². The van der Waals surface area contributed by atoms with Crippen molar-refractivity contribution in [3.63, 3.8) is 0 Å². The van der Waals surface area contributed by atoms with Gasteiger partial charge in [-0.1, -0.05) is 165 Å². The molecular weight excluding hydrogens is 564 g/mol. The highest BCUT2D eigenvalue weighted by Crippen LogP contribution is 2.10.